The molecule has 0 fully saturated rings. The summed E-state index contributed by atoms with van der Waals surface area (Å²) in [7, 11) is -3.51. The molecule has 102 valence electrons. The Balaban J connectivity index is 1.93. The number of benzene rings is 1. The molecule has 0 radical (unpaired) electrons. The summed E-state index contributed by atoms with van der Waals surface area (Å²) < 4.78 is 39.5. The highest BCUT2D eigenvalue weighted by Gasteiger charge is 2.15. The van der Waals surface area contributed by atoms with E-state index in [0.717, 1.165) is 16.9 Å². The Bertz CT molecular complexity index is 653. The van der Waals surface area contributed by atoms with Gasteiger partial charge < -0.3 is 0 Å². The van der Waals surface area contributed by atoms with E-state index in [1.54, 1.807) is 18.2 Å². The fraction of sp³-hybridized carbons (Fsp3) is 0.167. The summed E-state index contributed by atoms with van der Waals surface area (Å²) in [5.74, 6) is -0.308. The van der Waals surface area contributed by atoms with Crippen LogP contribution >= 0.6 is 22.9 Å². The van der Waals surface area contributed by atoms with Crippen molar-refractivity contribution in [2.24, 2.45) is 0 Å². The first kappa shape index (κ1) is 14.5. The van der Waals surface area contributed by atoms with E-state index in [0.29, 0.717) is 10.8 Å². The zero-order chi connectivity index (χ0) is 13.9. The van der Waals surface area contributed by atoms with E-state index in [1.807, 2.05) is 0 Å². The lowest BCUT2D eigenvalue weighted by Gasteiger charge is -2.04. The minimum atomic E-state index is -3.51. The van der Waals surface area contributed by atoms with Gasteiger partial charge in [0.15, 0.2) is 0 Å². The number of hydrogen-bond acceptors (Lipinski definition) is 3. The Morgan fingerprint density at radius 1 is 1.16 bits per heavy atom. The van der Waals surface area contributed by atoms with Gasteiger partial charge >= 0.3 is 0 Å². The van der Waals surface area contributed by atoms with Crippen LogP contribution in [-0.2, 0) is 16.4 Å². The third kappa shape index (κ3) is 4.01. The lowest BCUT2D eigenvalue weighted by Crippen LogP contribution is -2.25. The summed E-state index contributed by atoms with van der Waals surface area (Å²) in [5.41, 5.74) is 0.869. The first-order valence-corrected chi connectivity index (χ1v) is 8.14. The fourth-order valence-electron chi connectivity index (χ4n) is 1.49. The number of hydrogen-bond donors (Lipinski definition) is 1. The van der Waals surface area contributed by atoms with E-state index in [-0.39, 0.29) is 16.6 Å². The minimum Gasteiger partial charge on any atom is -0.210 e. The summed E-state index contributed by atoms with van der Waals surface area (Å²) >= 11 is 6.71. The molecule has 0 spiro atoms. The Labute approximate surface area is 120 Å². The smallest absolute Gasteiger partial charge is 0.210 e. The molecule has 0 saturated carbocycles. The second-order valence-corrected chi connectivity index (χ2v) is 7.54. The Morgan fingerprint density at radius 2 is 1.84 bits per heavy atom. The first-order chi connectivity index (χ1) is 8.97. The molecule has 0 atom stereocenters. The zero-order valence-electron chi connectivity index (χ0n) is 9.77. The number of halogens is 2. The van der Waals surface area contributed by atoms with Crippen LogP contribution in [0.4, 0.5) is 4.39 Å². The van der Waals surface area contributed by atoms with Gasteiger partial charge in [0.1, 0.15) is 10.0 Å². The van der Waals surface area contributed by atoms with Crippen molar-refractivity contribution < 1.29 is 12.8 Å². The number of thiophene rings is 1. The van der Waals surface area contributed by atoms with Crippen molar-refractivity contribution >= 4 is 33.0 Å². The van der Waals surface area contributed by atoms with Gasteiger partial charge in [0.25, 0.3) is 0 Å². The molecule has 0 unspecified atom stereocenters. The monoisotopic (exact) mass is 319 g/mol. The molecule has 1 aromatic carbocycles. The topological polar surface area (TPSA) is 46.2 Å². The molecule has 0 aliphatic carbocycles. The zero-order valence-corrected chi connectivity index (χ0v) is 12.2. The third-order valence-electron chi connectivity index (χ3n) is 2.43. The van der Waals surface area contributed by atoms with Crippen molar-refractivity contribution in [1.82, 2.24) is 4.72 Å². The second kappa shape index (κ2) is 6.00. The molecular weight excluding hydrogens is 309 g/mol. The lowest BCUT2D eigenvalue weighted by atomic mass is 10.1. The first-order valence-electron chi connectivity index (χ1n) is 5.47. The van der Waals surface area contributed by atoms with Gasteiger partial charge in [0, 0.05) is 6.54 Å². The molecule has 0 aliphatic heterocycles. The predicted octanol–water partition coefficient (Wildman–Crippen LogP) is 3.06. The Kier molecular flexibility index (Phi) is 4.57. The number of sulfonamides is 1. The standard InChI is InChI=1S/C12H11ClFNO2S2/c13-11-5-6-12(18-11)19(16,17)15-8-7-9-1-3-10(14)4-2-9/h1-6,15H,7-8H2. The summed E-state index contributed by atoms with van der Waals surface area (Å²) in [4.78, 5) is 0. The van der Waals surface area contributed by atoms with E-state index in [9.17, 15) is 12.8 Å². The van der Waals surface area contributed by atoms with Gasteiger partial charge in [-0.25, -0.2) is 17.5 Å². The molecular formula is C12H11ClFNO2S2. The summed E-state index contributed by atoms with van der Waals surface area (Å²) in [6, 6.07) is 8.97. The van der Waals surface area contributed by atoms with E-state index >= 15 is 0 Å². The van der Waals surface area contributed by atoms with Crippen molar-refractivity contribution in [1.29, 1.82) is 0 Å². The molecule has 19 heavy (non-hydrogen) atoms. The van der Waals surface area contributed by atoms with Crippen LogP contribution < -0.4 is 4.72 Å². The van der Waals surface area contributed by atoms with E-state index < -0.39 is 10.0 Å². The Hall–Kier alpha value is -0.950. The highest BCUT2D eigenvalue weighted by Crippen LogP contribution is 2.25. The fourth-order valence-corrected chi connectivity index (χ4v) is 4.05. The van der Waals surface area contributed by atoms with Gasteiger partial charge in [-0.3, -0.25) is 0 Å². The third-order valence-corrected chi connectivity index (χ3v) is 5.62. The van der Waals surface area contributed by atoms with Crippen LogP contribution in [0, 0.1) is 5.82 Å². The largest absolute Gasteiger partial charge is 0.250 e. The van der Waals surface area contributed by atoms with Gasteiger partial charge in [-0.1, -0.05) is 23.7 Å². The molecule has 1 N–H and O–H groups in total. The van der Waals surface area contributed by atoms with E-state index in [2.05, 4.69) is 4.72 Å². The van der Waals surface area contributed by atoms with Crippen molar-refractivity contribution in [3.63, 3.8) is 0 Å². The van der Waals surface area contributed by atoms with Crippen LogP contribution in [0.5, 0.6) is 0 Å². The van der Waals surface area contributed by atoms with Crippen molar-refractivity contribution in [3.8, 4) is 0 Å². The highest BCUT2D eigenvalue weighted by molar-refractivity contribution is 7.91. The van der Waals surface area contributed by atoms with Crippen LogP contribution in [0.3, 0.4) is 0 Å². The summed E-state index contributed by atoms with van der Waals surface area (Å²) in [6.07, 6.45) is 0.499. The van der Waals surface area contributed by atoms with Gasteiger partial charge in [-0.2, -0.15) is 0 Å². The van der Waals surface area contributed by atoms with Crippen LogP contribution in [0.2, 0.25) is 4.34 Å². The second-order valence-electron chi connectivity index (χ2n) is 3.83. The normalized spacial score (nSPS) is 11.7. The molecule has 1 aromatic heterocycles. The maximum atomic E-state index is 12.7. The van der Waals surface area contributed by atoms with Crippen LogP contribution in [0.25, 0.3) is 0 Å². The molecule has 0 amide bonds. The van der Waals surface area contributed by atoms with Crippen LogP contribution in [0.15, 0.2) is 40.6 Å². The van der Waals surface area contributed by atoms with Gasteiger partial charge in [-0.15, -0.1) is 11.3 Å². The Morgan fingerprint density at radius 3 is 2.42 bits per heavy atom. The van der Waals surface area contributed by atoms with Gasteiger partial charge in [0.2, 0.25) is 10.0 Å². The maximum absolute atomic E-state index is 12.7. The predicted molar refractivity (Wildman–Crippen MR) is 74.6 cm³/mol. The quantitative estimate of drug-likeness (QED) is 0.920. The van der Waals surface area contributed by atoms with E-state index in [4.69, 9.17) is 11.6 Å². The molecule has 0 aliphatic rings. The molecule has 7 heteroatoms. The van der Waals surface area contributed by atoms with Gasteiger partial charge in [-0.05, 0) is 36.2 Å². The van der Waals surface area contributed by atoms with Crippen LogP contribution in [-0.4, -0.2) is 15.0 Å². The molecule has 2 aromatic rings. The average molecular weight is 320 g/mol. The molecule has 0 saturated heterocycles. The number of rotatable bonds is 5. The van der Waals surface area contributed by atoms with Crippen molar-refractivity contribution in [3.05, 3.63) is 52.1 Å². The molecule has 2 rings (SSSR count). The van der Waals surface area contributed by atoms with Crippen molar-refractivity contribution in [2.75, 3.05) is 6.54 Å². The number of nitrogens with one attached hydrogen (secondary N) is 1. The summed E-state index contributed by atoms with van der Waals surface area (Å²) in [5, 5.41) is 0. The maximum Gasteiger partial charge on any atom is 0.250 e. The molecule has 0 bridgehead atoms. The summed E-state index contributed by atoms with van der Waals surface area (Å²) in [6.45, 7) is 0.253. The minimum absolute atomic E-state index is 0.191. The molecule has 1 heterocycles. The average Bonchev–Trinajstić information content (AvgIpc) is 2.79. The van der Waals surface area contributed by atoms with Crippen LogP contribution in [0.1, 0.15) is 5.56 Å². The molecule has 3 nitrogen and oxygen atoms in total. The SMILES string of the molecule is O=S(=O)(NCCc1ccc(F)cc1)c1ccc(Cl)s1. The highest BCUT2D eigenvalue weighted by atomic mass is 35.5. The van der Waals surface area contributed by atoms with Crippen molar-refractivity contribution in [2.45, 2.75) is 10.6 Å². The lowest BCUT2D eigenvalue weighted by molar-refractivity contribution is 0.583. The van der Waals surface area contributed by atoms with Gasteiger partial charge in [0.05, 0.1) is 4.34 Å². The van der Waals surface area contributed by atoms with E-state index in [1.165, 1.54) is 18.2 Å².